The molecule has 1 aliphatic heterocycles. The molecule has 26 heavy (non-hydrogen) atoms. The summed E-state index contributed by atoms with van der Waals surface area (Å²) in [4.78, 5) is 32.3. The summed E-state index contributed by atoms with van der Waals surface area (Å²) in [5.41, 5.74) is 0.503. The van der Waals surface area contributed by atoms with Gasteiger partial charge in [0.1, 0.15) is 5.82 Å². The van der Waals surface area contributed by atoms with Gasteiger partial charge in [-0.3, -0.25) is 18.8 Å². The molecule has 0 aromatic carbocycles. The minimum absolute atomic E-state index is 0.245. The largest absolute Gasteiger partial charge is 0.332 e. The molecule has 7 nitrogen and oxygen atoms in total. The summed E-state index contributed by atoms with van der Waals surface area (Å²) in [5, 5.41) is 0. The standard InChI is InChI=1S/C19H31N5O2/c1-5-6-8-12-24-15(13-23-11-9-7-10-14(23)2)20-17-16(24)18(25)22(4)19(26)21(17)3/h14H,5-13H2,1-4H3/t14-/m1/s1. The number of likely N-dealkylation sites (tertiary alicyclic amines) is 1. The normalized spacial score (nSPS) is 18.7. The van der Waals surface area contributed by atoms with Gasteiger partial charge in [-0.2, -0.15) is 0 Å². The molecule has 1 saturated heterocycles. The number of unbranched alkanes of at least 4 members (excludes halogenated alkanes) is 2. The van der Waals surface area contributed by atoms with Crippen LogP contribution in [0.2, 0.25) is 0 Å². The Hall–Kier alpha value is -1.89. The number of imidazole rings is 1. The van der Waals surface area contributed by atoms with E-state index < -0.39 is 0 Å². The highest BCUT2D eigenvalue weighted by molar-refractivity contribution is 5.71. The summed E-state index contributed by atoms with van der Waals surface area (Å²) in [7, 11) is 3.24. The molecule has 0 bridgehead atoms. The Labute approximate surface area is 154 Å². The fourth-order valence-electron chi connectivity index (χ4n) is 3.95. The van der Waals surface area contributed by atoms with Crippen LogP contribution in [-0.2, 0) is 27.2 Å². The smallest absolute Gasteiger partial charge is 0.321 e. The highest BCUT2D eigenvalue weighted by Gasteiger charge is 2.23. The van der Waals surface area contributed by atoms with Crippen molar-refractivity contribution in [1.29, 1.82) is 0 Å². The lowest BCUT2D eigenvalue weighted by molar-refractivity contribution is 0.147. The molecule has 1 fully saturated rings. The minimum atomic E-state index is -0.321. The number of hydrogen-bond acceptors (Lipinski definition) is 4. The summed E-state index contributed by atoms with van der Waals surface area (Å²) in [6.45, 7) is 7.01. The highest BCUT2D eigenvalue weighted by Crippen LogP contribution is 2.21. The molecule has 1 atom stereocenters. The lowest BCUT2D eigenvalue weighted by Crippen LogP contribution is -2.38. The van der Waals surface area contributed by atoms with Crippen LogP contribution in [0.1, 0.15) is 58.2 Å². The molecule has 2 aromatic heterocycles. The molecule has 0 N–H and O–H groups in total. The minimum Gasteiger partial charge on any atom is -0.321 e. The van der Waals surface area contributed by atoms with Gasteiger partial charge >= 0.3 is 5.69 Å². The molecule has 144 valence electrons. The first-order valence-corrected chi connectivity index (χ1v) is 9.84. The van der Waals surface area contributed by atoms with E-state index >= 15 is 0 Å². The zero-order chi connectivity index (χ0) is 18.8. The third kappa shape index (κ3) is 3.37. The molecule has 7 heteroatoms. The number of piperidine rings is 1. The Kier molecular flexibility index (Phi) is 5.65. The van der Waals surface area contributed by atoms with Gasteiger partial charge in [0.05, 0.1) is 6.54 Å². The van der Waals surface area contributed by atoms with E-state index in [0.717, 1.165) is 44.7 Å². The second-order valence-corrected chi connectivity index (χ2v) is 7.58. The van der Waals surface area contributed by atoms with Gasteiger partial charge in [0.15, 0.2) is 11.2 Å². The first kappa shape index (κ1) is 18.9. The molecule has 3 rings (SSSR count). The molecular weight excluding hydrogens is 330 g/mol. The molecular formula is C19H31N5O2. The zero-order valence-electron chi connectivity index (χ0n) is 16.5. The Morgan fingerprint density at radius 1 is 1.12 bits per heavy atom. The van der Waals surface area contributed by atoms with Gasteiger partial charge in [0.2, 0.25) is 0 Å². The van der Waals surface area contributed by atoms with Crippen LogP contribution < -0.4 is 11.2 Å². The molecule has 1 aliphatic rings. The molecule has 0 saturated carbocycles. The van der Waals surface area contributed by atoms with Crippen LogP contribution in [0.4, 0.5) is 0 Å². The first-order chi connectivity index (χ1) is 12.5. The van der Waals surface area contributed by atoms with E-state index in [0.29, 0.717) is 17.2 Å². The maximum Gasteiger partial charge on any atom is 0.332 e. The van der Waals surface area contributed by atoms with E-state index in [4.69, 9.17) is 4.98 Å². The first-order valence-electron chi connectivity index (χ1n) is 9.84. The molecule has 0 radical (unpaired) electrons. The van der Waals surface area contributed by atoms with Crippen LogP contribution in [0.15, 0.2) is 9.59 Å². The van der Waals surface area contributed by atoms with E-state index in [2.05, 4.69) is 23.3 Å². The van der Waals surface area contributed by atoms with Gasteiger partial charge in [-0.15, -0.1) is 0 Å². The number of hydrogen-bond donors (Lipinski definition) is 0. The third-order valence-corrected chi connectivity index (χ3v) is 5.70. The van der Waals surface area contributed by atoms with Crippen molar-refractivity contribution in [1.82, 2.24) is 23.6 Å². The van der Waals surface area contributed by atoms with Crippen molar-refractivity contribution in [3.8, 4) is 0 Å². The Bertz CT molecular complexity index is 892. The predicted molar refractivity (Wildman–Crippen MR) is 103 cm³/mol. The SMILES string of the molecule is CCCCCn1c(CN2CCCC[C@H]2C)nc2c1c(=O)n(C)c(=O)n2C. The lowest BCUT2D eigenvalue weighted by atomic mass is 10.0. The van der Waals surface area contributed by atoms with E-state index in [1.165, 1.54) is 28.4 Å². The zero-order valence-corrected chi connectivity index (χ0v) is 16.5. The number of aromatic nitrogens is 4. The van der Waals surface area contributed by atoms with Gasteiger partial charge in [0.25, 0.3) is 5.56 Å². The van der Waals surface area contributed by atoms with Gasteiger partial charge < -0.3 is 4.57 Å². The number of fused-ring (bicyclic) bond motifs is 1. The molecule has 3 heterocycles. The molecule has 0 aliphatic carbocycles. The summed E-state index contributed by atoms with van der Waals surface area (Å²) in [5.74, 6) is 0.906. The van der Waals surface area contributed by atoms with E-state index in [1.54, 1.807) is 14.1 Å². The van der Waals surface area contributed by atoms with Crippen LogP contribution in [0.3, 0.4) is 0 Å². The van der Waals surface area contributed by atoms with E-state index in [1.807, 2.05) is 0 Å². The van der Waals surface area contributed by atoms with E-state index in [9.17, 15) is 9.59 Å². The van der Waals surface area contributed by atoms with Crippen molar-refractivity contribution in [2.75, 3.05) is 6.54 Å². The third-order valence-electron chi connectivity index (χ3n) is 5.70. The number of nitrogens with zero attached hydrogens (tertiary/aromatic N) is 5. The quantitative estimate of drug-likeness (QED) is 0.738. The topological polar surface area (TPSA) is 65.1 Å². The maximum atomic E-state index is 12.8. The van der Waals surface area contributed by atoms with Crippen LogP contribution in [0.5, 0.6) is 0 Å². The fraction of sp³-hybridized carbons (Fsp3) is 0.737. The number of rotatable bonds is 6. The summed E-state index contributed by atoms with van der Waals surface area (Å²) >= 11 is 0. The molecule has 0 amide bonds. The highest BCUT2D eigenvalue weighted by atomic mass is 16.2. The lowest BCUT2D eigenvalue weighted by Gasteiger charge is -2.33. The van der Waals surface area contributed by atoms with Crippen molar-refractivity contribution < 1.29 is 0 Å². The summed E-state index contributed by atoms with van der Waals surface area (Å²) in [6, 6.07) is 0.527. The van der Waals surface area contributed by atoms with Crippen LogP contribution in [0.25, 0.3) is 11.2 Å². The Balaban J connectivity index is 2.09. The van der Waals surface area contributed by atoms with Crippen LogP contribution in [-0.4, -0.2) is 36.2 Å². The summed E-state index contributed by atoms with van der Waals surface area (Å²) < 4.78 is 4.75. The molecule has 0 unspecified atom stereocenters. The monoisotopic (exact) mass is 361 g/mol. The van der Waals surface area contributed by atoms with Crippen LogP contribution in [0, 0.1) is 0 Å². The molecule has 0 spiro atoms. The maximum absolute atomic E-state index is 12.8. The average Bonchev–Trinajstić information content (AvgIpc) is 2.99. The van der Waals surface area contributed by atoms with Crippen molar-refractivity contribution in [3.05, 3.63) is 26.7 Å². The van der Waals surface area contributed by atoms with Crippen molar-refractivity contribution in [3.63, 3.8) is 0 Å². The van der Waals surface area contributed by atoms with Gasteiger partial charge in [-0.1, -0.05) is 26.2 Å². The second-order valence-electron chi connectivity index (χ2n) is 7.58. The predicted octanol–water partition coefficient (Wildman–Crippen LogP) is 2.00. The van der Waals surface area contributed by atoms with Crippen molar-refractivity contribution >= 4 is 11.2 Å². The van der Waals surface area contributed by atoms with Crippen molar-refractivity contribution in [2.45, 2.75) is 71.5 Å². The van der Waals surface area contributed by atoms with Gasteiger partial charge in [-0.05, 0) is 32.7 Å². The van der Waals surface area contributed by atoms with Crippen LogP contribution >= 0.6 is 0 Å². The van der Waals surface area contributed by atoms with E-state index in [-0.39, 0.29) is 11.2 Å². The second kappa shape index (κ2) is 7.78. The average molecular weight is 361 g/mol. The van der Waals surface area contributed by atoms with Crippen molar-refractivity contribution in [2.24, 2.45) is 14.1 Å². The van der Waals surface area contributed by atoms with Gasteiger partial charge in [0, 0.05) is 26.7 Å². The van der Waals surface area contributed by atoms with Gasteiger partial charge in [-0.25, -0.2) is 9.78 Å². The fourth-order valence-corrected chi connectivity index (χ4v) is 3.95. The molecule has 2 aromatic rings. The Morgan fingerprint density at radius 2 is 1.88 bits per heavy atom. The Morgan fingerprint density at radius 3 is 2.58 bits per heavy atom. The number of aryl methyl sites for hydroxylation is 2. The summed E-state index contributed by atoms with van der Waals surface area (Å²) in [6.07, 6.45) is 6.94.